The molecule has 17 heavy (non-hydrogen) atoms. The Kier molecular flexibility index (Phi) is 3.67. The molecule has 0 aliphatic heterocycles. The van der Waals surface area contributed by atoms with E-state index in [1.54, 1.807) is 25.4 Å². The van der Waals surface area contributed by atoms with E-state index in [1.807, 2.05) is 24.3 Å². The Morgan fingerprint density at radius 2 is 1.88 bits per heavy atom. The van der Waals surface area contributed by atoms with Crippen molar-refractivity contribution in [2.75, 3.05) is 0 Å². The van der Waals surface area contributed by atoms with Crippen molar-refractivity contribution < 1.29 is 9.84 Å². The molecule has 2 aromatic rings. The van der Waals surface area contributed by atoms with Crippen LogP contribution in [0.4, 0.5) is 0 Å². The number of ether oxygens (including phenoxy) is 1. The van der Waals surface area contributed by atoms with E-state index < -0.39 is 6.10 Å². The fourth-order valence-electron chi connectivity index (χ4n) is 1.50. The van der Waals surface area contributed by atoms with Crippen molar-refractivity contribution in [1.82, 2.24) is 9.97 Å². The van der Waals surface area contributed by atoms with Crippen molar-refractivity contribution in [2.24, 2.45) is 0 Å². The molecule has 1 aromatic heterocycles. The molecular formula is C13H14N2O2. The molecule has 1 atom stereocenters. The van der Waals surface area contributed by atoms with Gasteiger partial charge in [0.1, 0.15) is 12.4 Å². The highest BCUT2D eigenvalue weighted by Gasteiger charge is 2.08. The Labute approximate surface area is 99.9 Å². The van der Waals surface area contributed by atoms with Crippen LogP contribution in [0.25, 0.3) is 0 Å². The third kappa shape index (κ3) is 3.01. The zero-order chi connectivity index (χ0) is 12.1. The molecule has 1 heterocycles. The molecule has 0 radical (unpaired) electrons. The molecule has 0 amide bonds. The summed E-state index contributed by atoms with van der Waals surface area (Å²) >= 11 is 0. The van der Waals surface area contributed by atoms with Crippen molar-refractivity contribution in [1.29, 1.82) is 0 Å². The second-order valence-electron chi connectivity index (χ2n) is 3.67. The van der Waals surface area contributed by atoms with Crippen LogP contribution >= 0.6 is 0 Å². The van der Waals surface area contributed by atoms with Gasteiger partial charge < -0.3 is 9.84 Å². The molecule has 0 fully saturated rings. The first-order chi connectivity index (χ1) is 8.27. The second-order valence-corrected chi connectivity index (χ2v) is 3.67. The van der Waals surface area contributed by atoms with E-state index in [9.17, 15) is 5.11 Å². The Balaban J connectivity index is 2.09. The topological polar surface area (TPSA) is 55.2 Å². The zero-order valence-corrected chi connectivity index (χ0v) is 9.58. The molecule has 1 N–H and O–H groups in total. The summed E-state index contributed by atoms with van der Waals surface area (Å²) in [6, 6.07) is 9.16. The Hall–Kier alpha value is -1.94. The molecule has 0 bridgehead atoms. The molecule has 4 heteroatoms. The van der Waals surface area contributed by atoms with Gasteiger partial charge in [-0.05, 0) is 19.1 Å². The van der Waals surface area contributed by atoms with Crippen LogP contribution in [0, 0.1) is 0 Å². The van der Waals surface area contributed by atoms with Crippen LogP contribution < -0.4 is 4.74 Å². The molecule has 0 aliphatic rings. The monoisotopic (exact) mass is 230 g/mol. The largest absolute Gasteiger partial charge is 0.485 e. The number of aromatic nitrogens is 2. The molecule has 0 aliphatic carbocycles. The van der Waals surface area contributed by atoms with Crippen LogP contribution in [0.2, 0.25) is 0 Å². The number of hydrogen-bond donors (Lipinski definition) is 1. The number of aliphatic hydroxyl groups excluding tert-OH is 1. The first-order valence-electron chi connectivity index (χ1n) is 5.43. The summed E-state index contributed by atoms with van der Waals surface area (Å²) in [7, 11) is 0. The summed E-state index contributed by atoms with van der Waals surface area (Å²) in [5.41, 5.74) is 0.767. The number of benzene rings is 1. The van der Waals surface area contributed by atoms with Gasteiger partial charge in [-0.2, -0.15) is 0 Å². The van der Waals surface area contributed by atoms with Crippen LogP contribution in [-0.2, 0) is 6.61 Å². The smallest absolute Gasteiger partial charge is 0.166 e. The minimum absolute atomic E-state index is 0.296. The van der Waals surface area contributed by atoms with E-state index in [0.29, 0.717) is 18.2 Å². The number of hydrogen-bond acceptors (Lipinski definition) is 4. The maximum Gasteiger partial charge on any atom is 0.166 e. The molecule has 88 valence electrons. The average Bonchev–Trinajstić information content (AvgIpc) is 2.38. The van der Waals surface area contributed by atoms with Crippen LogP contribution in [0.5, 0.6) is 5.75 Å². The predicted octanol–water partition coefficient (Wildman–Crippen LogP) is 2.11. The van der Waals surface area contributed by atoms with Gasteiger partial charge in [-0.3, -0.25) is 0 Å². The average molecular weight is 230 g/mol. The number of rotatable bonds is 4. The van der Waals surface area contributed by atoms with Crippen molar-refractivity contribution in [3.05, 3.63) is 54.1 Å². The van der Waals surface area contributed by atoms with E-state index in [0.717, 1.165) is 5.56 Å². The van der Waals surface area contributed by atoms with E-state index in [1.165, 1.54) is 0 Å². The Morgan fingerprint density at radius 3 is 2.59 bits per heavy atom. The Bertz CT molecular complexity index is 472. The number of para-hydroxylation sites is 1. The molecule has 0 unspecified atom stereocenters. The van der Waals surface area contributed by atoms with Crippen molar-refractivity contribution >= 4 is 0 Å². The standard InChI is InChI=1S/C13H14N2O2/c1-10(16)11-5-2-3-6-12(11)17-9-13-14-7-4-8-15-13/h2-8,10,16H,9H2,1H3/t10-/m1/s1. The molecule has 2 rings (SSSR count). The fourth-order valence-corrected chi connectivity index (χ4v) is 1.50. The molecular weight excluding hydrogens is 216 g/mol. The van der Waals surface area contributed by atoms with E-state index in [-0.39, 0.29) is 0 Å². The minimum Gasteiger partial charge on any atom is -0.485 e. The first-order valence-corrected chi connectivity index (χ1v) is 5.43. The molecule has 0 spiro atoms. The Morgan fingerprint density at radius 1 is 1.18 bits per heavy atom. The maximum absolute atomic E-state index is 9.59. The third-order valence-electron chi connectivity index (χ3n) is 2.35. The van der Waals surface area contributed by atoms with Gasteiger partial charge in [-0.15, -0.1) is 0 Å². The maximum atomic E-state index is 9.59. The number of aliphatic hydroxyl groups is 1. The summed E-state index contributed by atoms with van der Waals surface area (Å²) in [5, 5.41) is 9.59. The highest BCUT2D eigenvalue weighted by Crippen LogP contribution is 2.24. The lowest BCUT2D eigenvalue weighted by Crippen LogP contribution is -2.03. The molecule has 4 nitrogen and oxygen atoms in total. The van der Waals surface area contributed by atoms with Crippen LogP contribution in [0.1, 0.15) is 24.4 Å². The first kappa shape index (κ1) is 11.5. The summed E-state index contributed by atoms with van der Waals surface area (Å²) < 4.78 is 5.60. The lowest BCUT2D eigenvalue weighted by Gasteiger charge is -2.12. The molecule has 0 saturated heterocycles. The zero-order valence-electron chi connectivity index (χ0n) is 9.58. The van der Waals surface area contributed by atoms with Crippen molar-refractivity contribution in [2.45, 2.75) is 19.6 Å². The van der Waals surface area contributed by atoms with Gasteiger partial charge in [0.05, 0.1) is 6.10 Å². The lowest BCUT2D eigenvalue weighted by molar-refractivity contribution is 0.189. The van der Waals surface area contributed by atoms with Crippen LogP contribution in [-0.4, -0.2) is 15.1 Å². The minimum atomic E-state index is -0.553. The second kappa shape index (κ2) is 5.41. The predicted molar refractivity (Wildman–Crippen MR) is 63.4 cm³/mol. The molecule has 1 aromatic carbocycles. The lowest BCUT2D eigenvalue weighted by atomic mass is 10.1. The van der Waals surface area contributed by atoms with Gasteiger partial charge in [0.2, 0.25) is 0 Å². The fraction of sp³-hybridized carbons (Fsp3) is 0.231. The van der Waals surface area contributed by atoms with Crippen LogP contribution in [0.3, 0.4) is 0 Å². The van der Waals surface area contributed by atoms with Gasteiger partial charge in [-0.25, -0.2) is 9.97 Å². The summed E-state index contributed by atoms with van der Waals surface area (Å²) in [6.07, 6.45) is 2.79. The van der Waals surface area contributed by atoms with Crippen LogP contribution in [0.15, 0.2) is 42.7 Å². The number of nitrogens with zero attached hydrogens (tertiary/aromatic N) is 2. The highest BCUT2D eigenvalue weighted by molar-refractivity contribution is 5.34. The van der Waals surface area contributed by atoms with Crippen molar-refractivity contribution in [3.63, 3.8) is 0 Å². The SMILES string of the molecule is C[C@@H](O)c1ccccc1OCc1ncccn1. The normalized spacial score (nSPS) is 12.1. The molecule has 0 saturated carbocycles. The van der Waals surface area contributed by atoms with Gasteiger partial charge in [0, 0.05) is 18.0 Å². The van der Waals surface area contributed by atoms with E-state index in [4.69, 9.17) is 4.74 Å². The third-order valence-corrected chi connectivity index (χ3v) is 2.35. The van der Waals surface area contributed by atoms with Gasteiger partial charge in [0.15, 0.2) is 5.82 Å². The van der Waals surface area contributed by atoms with Crippen molar-refractivity contribution in [3.8, 4) is 5.75 Å². The summed E-state index contributed by atoms with van der Waals surface area (Å²) in [4.78, 5) is 8.14. The highest BCUT2D eigenvalue weighted by atomic mass is 16.5. The van der Waals surface area contributed by atoms with Gasteiger partial charge in [0.25, 0.3) is 0 Å². The van der Waals surface area contributed by atoms with E-state index >= 15 is 0 Å². The summed E-state index contributed by atoms with van der Waals surface area (Å²) in [5.74, 6) is 1.28. The van der Waals surface area contributed by atoms with Gasteiger partial charge in [-0.1, -0.05) is 18.2 Å². The summed E-state index contributed by atoms with van der Waals surface area (Å²) in [6.45, 7) is 2.01. The van der Waals surface area contributed by atoms with E-state index in [2.05, 4.69) is 9.97 Å². The van der Waals surface area contributed by atoms with Gasteiger partial charge >= 0.3 is 0 Å². The quantitative estimate of drug-likeness (QED) is 0.874.